The van der Waals surface area contributed by atoms with Gasteiger partial charge in [-0.05, 0) is 24.2 Å². The van der Waals surface area contributed by atoms with Crippen molar-refractivity contribution in [3.8, 4) is 0 Å². The fourth-order valence-corrected chi connectivity index (χ4v) is 1.94. The quantitative estimate of drug-likeness (QED) is 0.699. The van der Waals surface area contributed by atoms with Crippen molar-refractivity contribution in [1.82, 2.24) is 0 Å². The van der Waals surface area contributed by atoms with Crippen LogP contribution >= 0.6 is 0 Å². The van der Waals surface area contributed by atoms with Crippen molar-refractivity contribution in [2.24, 2.45) is 17.1 Å². The highest BCUT2D eigenvalue weighted by Gasteiger charge is 2.36. The highest BCUT2D eigenvalue weighted by molar-refractivity contribution is 5.67. The van der Waals surface area contributed by atoms with Gasteiger partial charge in [-0.25, -0.2) is 0 Å². The molecule has 0 saturated heterocycles. The van der Waals surface area contributed by atoms with E-state index >= 15 is 0 Å². The molecule has 1 rings (SSSR count). The van der Waals surface area contributed by atoms with Crippen LogP contribution in [0.2, 0.25) is 0 Å². The number of hydrogen-bond acceptors (Lipinski definition) is 2. The second-order valence-electron chi connectivity index (χ2n) is 4.78. The number of rotatable bonds is 4. The van der Waals surface area contributed by atoms with Crippen LogP contribution < -0.4 is 5.73 Å². The van der Waals surface area contributed by atoms with Crippen molar-refractivity contribution in [2.45, 2.75) is 45.6 Å². The number of nitrogens with two attached hydrogens (primary N) is 1. The van der Waals surface area contributed by atoms with Crippen LogP contribution in [0.4, 0.5) is 0 Å². The number of hydrogen-bond donors (Lipinski definition) is 2. The summed E-state index contributed by atoms with van der Waals surface area (Å²) in [6.07, 6.45) is 3.76. The minimum Gasteiger partial charge on any atom is -0.481 e. The summed E-state index contributed by atoms with van der Waals surface area (Å²) in [5.41, 5.74) is 5.77. The maximum atomic E-state index is 10.6. The van der Waals surface area contributed by atoms with Gasteiger partial charge in [-0.15, -0.1) is 0 Å². The zero-order valence-corrected chi connectivity index (χ0v) is 8.42. The van der Waals surface area contributed by atoms with Gasteiger partial charge < -0.3 is 10.8 Å². The van der Waals surface area contributed by atoms with E-state index < -0.39 is 5.97 Å². The molecular weight excluding hydrogens is 166 g/mol. The molecule has 0 aliphatic heterocycles. The second-order valence-corrected chi connectivity index (χ2v) is 4.78. The molecule has 1 fully saturated rings. The van der Waals surface area contributed by atoms with Gasteiger partial charge in [-0.2, -0.15) is 0 Å². The molecule has 3 heteroatoms. The normalized spacial score (nSPS) is 20.8. The van der Waals surface area contributed by atoms with Crippen molar-refractivity contribution in [2.75, 3.05) is 0 Å². The van der Waals surface area contributed by atoms with E-state index in [1.54, 1.807) is 0 Å². The van der Waals surface area contributed by atoms with Gasteiger partial charge in [-0.3, -0.25) is 4.79 Å². The molecule has 0 heterocycles. The van der Waals surface area contributed by atoms with Crippen LogP contribution in [0.25, 0.3) is 0 Å². The fraction of sp³-hybridized carbons (Fsp3) is 0.900. The van der Waals surface area contributed by atoms with E-state index in [0.29, 0.717) is 5.92 Å². The molecule has 0 radical (unpaired) electrons. The van der Waals surface area contributed by atoms with Crippen LogP contribution in [-0.2, 0) is 4.79 Å². The average Bonchev–Trinajstić information content (AvgIpc) is 1.79. The third kappa shape index (κ3) is 2.44. The molecular formula is C10H19NO2. The lowest BCUT2D eigenvalue weighted by molar-refractivity contribution is -0.139. The van der Waals surface area contributed by atoms with Crippen LogP contribution in [0.5, 0.6) is 0 Å². The zero-order valence-electron chi connectivity index (χ0n) is 8.42. The van der Waals surface area contributed by atoms with Gasteiger partial charge in [0.1, 0.15) is 0 Å². The molecule has 0 aromatic rings. The first-order valence-electron chi connectivity index (χ1n) is 4.91. The van der Waals surface area contributed by atoms with E-state index in [9.17, 15) is 4.79 Å². The van der Waals surface area contributed by atoms with E-state index in [1.165, 1.54) is 19.3 Å². The van der Waals surface area contributed by atoms with E-state index in [1.807, 2.05) is 13.8 Å². The Bertz CT molecular complexity index is 197. The van der Waals surface area contributed by atoms with Crippen molar-refractivity contribution >= 4 is 5.97 Å². The highest BCUT2D eigenvalue weighted by Crippen LogP contribution is 2.38. The monoisotopic (exact) mass is 185 g/mol. The summed E-state index contributed by atoms with van der Waals surface area (Å²) < 4.78 is 0. The average molecular weight is 185 g/mol. The first-order valence-corrected chi connectivity index (χ1v) is 4.91. The van der Waals surface area contributed by atoms with Gasteiger partial charge in [0.25, 0.3) is 0 Å². The minimum absolute atomic E-state index is 0.0392. The number of carboxylic acid groups (broad SMARTS) is 1. The van der Waals surface area contributed by atoms with E-state index in [-0.39, 0.29) is 17.9 Å². The number of carboxylic acids is 1. The van der Waals surface area contributed by atoms with Gasteiger partial charge in [0, 0.05) is 6.04 Å². The third-order valence-electron chi connectivity index (χ3n) is 3.17. The molecule has 0 amide bonds. The summed E-state index contributed by atoms with van der Waals surface area (Å²) in [5.74, 6) is -0.200. The second kappa shape index (κ2) is 3.66. The Morgan fingerprint density at radius 3 is 2.46 bits per heavy atom. The standard InChI is InChI=1S/C10H19NO2/c1-10(2,6-8(12)13)9(11)7-4-3-5-7/h7,9H,3-6,11H2,1-2H3,(H,12,13). The summed E-state index contributed by atoms with van der Waals surface area (Å²) in [4.78, 5) is 10.6. The van der Waals surface area contributed by atoms with E-state index in [4.69, 9.17) is 10.8 Å². The van der Waals surface area contributed by atoms with Crippen LogP contribution in [-0.4, -0.2) is 17.1 Å². The summed E-state index contributed by atoms with van der Waals surface area (Å²) in [5, 5.41) is 8.71. The maximum absolute atomic E-state index is 10.6. The summed E-state index contributed by atoms with van der Waals surface area (Å²) in [6.45, 7) is 3.90. The Balaban J connectivity index is 2.50. The van der Waals surface area contributed by atoms with E-state index in [0.717, 1.165) is 0 Å². The topological polar surface area (TPSA) is 63.3 Å². The molecule has 76 valence electrons. The predicted octanol–water partition coefficient (Wildman–Crippen LogP) is 1.61. The molecule has 3 nitrogen and oxygen atoms in total. The SMILES string of the molecule is CC(C)(CC(=O)O)C(N)C1CCC1. The van der Waals surface area contributed by atoms with Gasteiger partial charge in [0.15, 0.2) is 0 Å². The Morgan fingerprint density at radius 2 is 2.15 bits per heavy atom. The number of aliphatic carboxylic acids is 1. The molecule has 1 atom stereocenters. The smallest absolute Gasteiger partial charge is 0.303 e. The Morgan fingerprint density at radius 1 is 1.62 bits per heavy atom. The summed E-state index contributed by atoms with van der Waals surface area (Å²) >= 11 is 0. The molecule has 0 spiro atoms. The van der Waals surface area contributed by atoms with Crippen LogP contribution in [0.15, 0.2) is 0 Å². The Hall–Kier alpha value is -0.570. The highest BCUT2D eigenvalue weighted by atomic mass is 16.4. The molecule has 1 unspecified atom stereocenters. The molecule has 1 aliphatic carbocycles. The molecule has 1 saturated carbocycles. The first-order chi connectivity index (χ1) is 5.93. The molecule has 0 bridgehead atoms. The molecule has 1 aliphatic rings. The van der Waals surface area contributed by atoms with Crippen LogP contribution in [0.3, 0.4) is 0 Å². The molecule has 3 N–H and O–H groups in total. The van der Waals surface area contributed by atoms with E-state index in [2.05, 4.69) is 0 Å². The first kappa shape index (κ1) is 10.5. The van der Waals surface area contributed by atoms with Crippen molar-refractivity contribution in [1.29, 1.82) is 0 Å². The summed E-state index contributed by atoms with van der Waals surface area (Å²) in [7, 11) is 0. The van der Waals surface area contributed by atoms with Crippen LogP contribution in [0.1, 0.15) is 39.5 Å². The predicted molar refractivity (Wildman–Crippen MR) is 51.4 cm³/mol. The zero-order chi connectivity index (χ0) is 10.1. The lowest BCUT2D eigenvalue weighted by Gasteiger charge is -2.40. The number of carbonyl (C=O) groups is 1. The van der Waals surface area contributed by atoms with Gasteiger partial charge in [0.05, 0.1) is 6.42 Å². The van der Waals surface area contributed by atoms with Crippen molar-refractivity contribution in [3.63, 3.8) is 0 Å². The Kier molecular flexibility index (Phi) is 2.96. The fourth-order valence-electron chi connectivity index (χ4n) is 1.94. The van der Waals surface area contributed by atoms with Gasteiger partial charge >= 0.3 is 5.97 Å². The molecule has 13 heavy (non-hydrogen) atoms. The summed E-state index contributed by atoms with van der Waals surface area (Å²) in [6, 6.07) is 0.0392. The largest absolute Gasteiger partial charge is 0.481 e. The van der Waals surface area contributed by atoms with Crippen molar-refractivity contribution < 1.29 is 9.90 Å². The Labute approximate surface area is 79.3 Å². The van der Waals surface area contributed by atoms with Crippen molar-refractivity contribution in [3.05, 3.63) is 0 Å². The molecule has 0 aromatic carbocycles. The molecule has 0 aromatic heterocycles. The van der Waals surface area contributed by atoms with Crippen LogP contribution in [0, 0.1) is 11.3 Å². The maximum Gasteiger partial charge on any atom is 0.303 e. The minimum atomic E-state index is -0.750. The lowest BCUT2D eigenvalue weighted by atomic mass is 9.68. The van der Waals surface area contributed by atoms with Gasteiger partial charge in [-0.1, -0.05) is 20.3 Å². The lowest BCUT2D eigenvalue weighted by Crippen LogP contribution is -2.46. The van der Waals surface area contributed by atoms with Gasteiger partial charge in [0.2, 0.25) is 0 Å². The third-order valence-corrected chi connectivity index (χ3v) is 3.17.